The van der Waals surface area contributed by atoms with Crippen LogP contribution in [0.1, 0.15) is 33.6 Å². The third-order valence-electron chi connectivity index (χ3n) is 2.24. The van der Waals surface area contributed by atoms with Gasteiger partial charge in [-0.15, -0.1) is 12.4 Å². The fourth-order valence-corrected chi connectivity index (χ4v) is 1.51. The van der Waals surface area contributed by atoms with Crippen molar-refractivity contribution >= 4 is 18.5 Å². The first kappa shape index (κ1) is 15.5. The molecule has 0 spiro atoms. The first-order valence-electron chi connectivity index (χ1n) is 5.68. The predicted molar refractivity (Wildman–Crippen MR) is 67.2 cm³/mol. The van der Waals surface area contributed by atoms with Gasteiger partial charge in [-0.05, 0) is 40.2 Å². The molecule has 1 aliphatic rings. The van der Waals surface area contributed by atoms with E-state index in [9.17, 15) is 4.79 Å². The summed E-state index contributed by atoms with van der Waals surface area (Å²) in [5, 5.41) is 3.29. The standard InChI is InChI=1S/C11H22N2O2.ClH/c1-11(2,3)15-10(14)13-8-5-4-6-12-7-9-13;/h12H,4-9H2,1-3H3;1H. The van der Waals surface area contributed by atoms with Crippen LogP contribution >= 0.6 is 12.4 Å². The van der Waals surface area contributed by atoms with Gasteiger partial charge in [-0.1, -0.05) is 0 Å². The normalized spacial score (nSPS) is 18.1. The topological polar surface area (TPSA) is 41.6 Å². The predicted octanol–water partition coefficient (Wildman–Crippen LogP) is 2.03. The molecule has 0 saturated carbocycles. The summed E-state index contributed by atoms with van der Waals surface area (Å²) in [4.78, 5) is 13.5. The average Bonchev–Trinajstić information content (AvgIpc) is 1.98. The zero-order valence-corrected chi connectivity index (χ0v) is 11.2. The number of ether oxygens (including phenoxy) is 1. The minimum Gasteiger partial charge on any atom is -0.444 e. The lowest BCUT2D eigenvalue weighted by Gasteiger charge is -2.28. The maximum Gasteiger partial charge on any atom is 0.410 e. The molecule has 4 nitrogen and oxygen atoms in total. The van der Waals surface area contributed by atoms with Crippen molar-refractivity contribution in [1.29, 1.82) is 0 Å². The Morgan fingerprint density at radius 2 is 1.88 bits per heavy atom. The molecule has 1 saturated heterocycles. The van der Waals surface area contributed by atoms with E-state index < -0.39 is 5.60 Å². The van der Waals surface area contributed by atoms with Gasteiger partial charge in [0.2, 0.25) is 0 Å². The summed E-state index contributed by atoms with van der Waals surface area (Å²) in [5.41, 5.74) is -0.396. The van der Waals surface area contributed by atoms with Gasteiger partial charge in [0.05, 0.1) is 0 Å². The molecule has 0 unspecified atom stereocenters. The molecule has 0 radical (unpaired) electrons. The van der Waals surface area contributed by atoms with Crippen molar-refractivity contribution in [3.05, 3.63) is 0 Å². The van der Waals surface area contributed by atoms with E-state index in [0.29, 0.717) is 0 Å². The maximum atomic E-state index is 11.8. The summed E-state index contributed by atoms with van der Waals surface area (Å²) >= 11 is 0. The van der Waals surface area contributed by atoms with Gasteiger partial charge in [-0.25, -0.2) is 4.79 Å². The molecule has 96 valence electrons. The van der Waals surface area contributed by atoms with Gasteiger partial charge >= 0.3 is 6.09 Å². The number of hydrogen-bond acceptors (Lipinski definition) is 3. The Balaban J connectivity index is 0.00000225. The van der Waals surface area contributed by atoms with E-state index in [2.05, 4.69) is 5.32 Å². The quantitative estimate of drug-likeness (QED) is 0.715. The van der Waals surface area contributed by atoms with Crippen molar-refractivity contribution in [3.8, 4) is 0 Å². The molecule has 0 atom stereocenters. The average molecular weight is 251 g/mol. The monoisotopic (exact) mass is 250 g/mol. The number of amides is 1. The van der Waals surface area contributed by atoms with Crippen LogP contribution in [0.15, 0.2) is 0 Å². The molecule has 0 aromatic carbocycles. The second-order valence-electron chi connectivity index (χ2n) is 4.92. The summed E-state index contributed by atoms with van der Waals surface area (Å²) in [7, 11) is 0. The molecule has 16 heavy (non-hydrogen) atoms. The third kappa shape index (κ3) is 6.18. The smallest absolute Gasteiger partial charge is 0.410 e. The Morgan fingerprint density at radius 1 is 1.19 bits per heavy atom. The van der Waals surface area contributed by atoms with E-state index in [1.165, 1.54) is 0 Å². The molecule has 0 bridgehead atoms. The lowest BCUT2D eigenvalue weighted by Crippen LogP contribution is -2.42. The zero-order chi connectivity index (χ0) is 11.3. The van der Waals surface area contributed by atoms with E-state index in [0.717, 1.165) is 39.0 Å². The fourth-order valence-electron chi connectivity index (χ4n) is 1.51. The summed E-state index contributed by atoms with van der Waals surface area (Å²) in [6.07, 6.45) is 1.98. The van der Waals surface area contributed by atoms with Crippen LogP contribution in [-0.2, 0) is 4.74 Å². The fraction of sp³-hybridized carbons (Fsp3) is 0.909. The summed E-state index contributed by atoms with van der Waals surface area (Å²) < 4.78 is 5.33. The number of rotatable bonds is 0. The second kappa shape index (κ2) is 6.97. The van der Waals surface area contributed by atoms with Crippen molar-refractivity contribution in [1.82, 2.24) is 10.2 Å². The minimum absolute atomic E-state index is 0. The Bertz CT molecular complexity index is 209. The highest BCUT2D eigenvalue weighted by atomic mass is 35.5. The Kier molecular flexibility index (Phi) is 6.76. The SMILES string of the molecule is CC(C)(C)OC(=O)N1CCCCNCC1.Cl. The number of carbonyl (C=O) groups excluding carboxylic acids is 1. The van der Waals surface area contributed by atoms with Crippen LogP contribution in [0.2, 0.25) is 0 Å². The highest BCUT2D eigenvalue weighted by molar-refractivity contribution is 5.85. The highest BCUT2D eigenvalue weighted by Crippen LogP contribution is 2.10. The van der Waals surface area contributed by atoms with Crippen LogP contribution in [0.3, 0.4) is 0 Å². The number of halogens is 1. The Morgan fingerprint density at radius 3 is 2.50 bits per heavy atom. The van der Waals surface area contributed by atoms with Crippen LogP contribution in [-0.4, -0.2) is 42.8 Å². The van der Waals surface area contributed by atoms with Crippen LogP contribution in [0, 0.1) is 0 Å². The van der Waals surface area contributed by atoms with Crippen molar-refractivity contribution in [2.45, 2.75) is 39.2 Å². The van der Waals surface area contributed by atoms with E-state index in [1.807, 2.05) is 20.8 Å². The van der Waals surface area contributed by atoms with E-state index >= 15 is 0 Å². The van der Waals surface area contributed by atoms with E-state index in [-0.39, 0.29) is 18.5 Å². The molecule has 1 aliphatic heterocycles. The first-order valence-corrected chi connectivity index (χ1v) is 5.68. The molecule has 1 N–H and O–H groups in total. The maximum absolute atomic E-state index is 11.8. The molecule has 1 fully saturated rings. The number of nitrogens with one attached hydrogen (secondary N) is 1. The molecule has 5 heteroatoms. The Labute approximate surface area is 104 Å². The summed E-state index contributed by atoms with van der Waals surface area (Å²) in [6, 6.07) is 0. The van der Waals surface area contributed by atoms with E-state index in [4.69, 9.17) is 4.74 Å². The first-order chi connectivity index (χ1) is 6.99. The molecule has 0 aromatic rings. The summed E-state index contributed by atoms with van der Waals surface area (Å²) in [5.74, 6) is 0. The number of hydrogen-bond donors (Lipinski definition) is 1. The molecular formula is C11H23ClN2O2. The second-order valence-corrected chi connectivity index (χ2v) is 4.92. The van der Waals surface area contributed by atoms with E-state index in [1.54, 1.807) is 4.90 Å². The zero-order valence-electron chi connectivity index (χ0n) is 10.4. The summed E-state index contributed by atoms with van der Waals surface area (Å²) in [6.45, 7) is 9.17. The van der Waals surface area contributed by atoms with Gasteiger partial charge in [0.1, 0.15) is 5.60 Å². The van der Waals surface area contributed by atoms with Crippen LogP contribution in [0.25, 0.3) is 0 Å². The van der Waals surface area contributed by atoms with Gasteiger partial charge in [-0.3, -0.25) is 0 Å². The van der Waals surface area contributed by atoms with Gasteiger partial charge in [0, 0.05) is 19.6 Å². The van der Waals surface area contributed by atoms with Crippen LogP contribution < -0.4 is 5.32 Å². The lowest BCUT2D eigenvalue weighted by molar-refractivity contribution is 0.0242. The van der Waals surface area contributed by atoms with Gasteiger partial charge in [0.15, 0.2) is 0 Å². The van der Waals surface area contributed by atoms with Crippen molar-refractivity contribution in [2.24, 2.45) is 0 Å². The van der Waals surface area contributed by atoms with Crippen LogP contribution in [0.5, 0.6) is 0 Å². The van der Waals surface area contributed by atoms with Gasteiger partial charge in [0.25, 0.3) is 0 Å². The van der Waals surface area contributed by atoms with Gasteiger partial charge < -0.3 is 15.0 Å². The molecule has 1 amide bonds. The van der Waals surface area contributed by atoms with Crippen molar-refractivity contribution in [3.63, 3.8) is 0 Å². The Hall–Kier alpha value is -0.480. The third-order valence-corrected chi connectivity index (χ3v) is 2.24. The molecule has 1 heterocycles. The molecular weight excluding hydrogens is 228 g/mol. The largest absolute Gasteiger partial charge is 0.444 e. The lowest BCUT2D eigenvalue weighted by atomic mass is 10.2. The molecule has 0 aliphatic carbocycles. The van der Waals surface area contributed by atoms with Crippen molar-refractivity contribution < 1.29 is 9.53 Å². The minimum atomic E-state index is -0.396. The number of nitrogens with zero attached hydrogens (tertiary/aromatic N) is 1. The molecule has 0 aromatic heterocycles. The van der Waals surface area contributed by atoms with Gasteiger partial charge in [-0.2, -0.15) is 0 Å². The number of carbonyl (C=O) groups is 1. The highest BCUT2D eigenvalue weighted by Gasteiger charge is 2.21. The molecule has 1 rings (SSSR count). The van der Waals surface area contributed by atoms with Crippen molar-refractivity contribution in [2.75, 3.05) is 26.2 Å². The van der Waals surface area contributed by atoms with Crippen LogP contribution in [0.4, 0.5) is 4.79 Å².